The highest BCUT2D eigenvalue weighted by atomic mass is 32.2. The van der Waals surface area contributed by atoms with Crippen LogP contribution in [0.15, 0.2) is 15.8 Å². The standard InChI is InChI=1S/C6H5F3N2O3S/c7-3-1-2(15(10,13)14)4(5(8)9)6(12)11-3/h1,5H,(H,11,12)(H2,10,13,14). The molecule has 0 unspecified atom stereocenters. The van der Waals surface area contributed by atoms with Gasteiger partial charge in [-0.05, 0) is 0 Å². The van der Waals surface area contributed by atoms with Gasteiger partial charge in [0.25, 0.3) is 12.0 Å². The molecule has 0 radical (unpaired) electrons. The first-order valence-corrected chi connectivity index (χ1v) is 5.02. The van der Waals surface area contributed by atoms with Gasteiger partial charge in [0.15, 0.2) is 5.95 Å². The van der Waals surface area contributed by atoms with Crippen LogP contribution < -0.4 is 10.7 Å². The van der Waals surface area contributed by atoms with Crippen LogP contribution in [0.5, 0.6) is 0 Å². The molecule has 0 atom stereocenters. The molecule has 1 rings (SSSR count). The molecule has 0 saturated carbocycles. The van der Waals surface area contributed by atoms with E-state index in [4.69, 9.17) is 0 Å². The third-order valence-electron chi connectivity index (χ3n) is 1.53. The van der Waals surface area contributed by atoms with Crippen molar-refractivity contribution in [2.75, 3.05) is 0 Å². The SMILES string of the molecule is NS(=O)(=O)c1cc(F)[nH]c(=O)c1C(F)F. The summed E-state index contributed by atoms with van der Waals surface area (Å²) in [7, 11) is -4.56. The second-order valence-electron chi connectivity index (χ2n) is 2.57. The number of H-pyrrole nitrogens is 1. The van der Waals surface area contributed by atoms with Gasteiger partial charge in [-0.1, -0.05) is 0 Å². The van der Waals surface area contributed by atoms with Gasteiger partial charge >= 0.3 is 0 Å². The number of hydrogen-bond acceptors (Lipinski definition) is 3. The molecule has 0 aliphatic carbocycles. The lowest BCUT2D eigenvalue weighted by molar-refractivity contribution is 0.145. The van der Waals surface area contributed by atoms with Crippen LogP contribution in [-0.4, -0.2) is 13.4 Å². The molecule has 0 bridgehead atoms. The Morgan fingerprint density at radius 2 is 1.93 bits per heavy atom. The molecule has 0 aliphatic heterocycles. The van der Waals surface area contributed by atoms with Crippen LogP contribution in [0.1, 0.15) is 12.0 Å². The van der Waals surface area contributed by atoms with E-state index in [-0.39, 0.29) is 6.07 Å². The van der Waals surface area contributed by atoms with Crippen LogP contribution >= 0.6 is 0 Å². The van der Waals surface area contributed by atoms with E-state index < -0.39 is 38.4 Å². The molecule has 0 amide bonds. The zero-order valence-corrected chi connectivity index (χ0v) is 7.82. The zero-order chi connectivity index (χ0) is 11.8. The minimum Gasteiger partial charge on any atom is -0.298 e. The van der Waals surface area contributed by atoms with Crippen LogP contribution in [0.25, 0.3) is 0 Å². The number of halogens is 3. The predicted octanol–water partition coefficient (Wildman–Crippen LogP) is 0.0990. The van der Waals surface area contributed by atoms with Crippen molar-refractivity contribution in [3.63, 3.8) is 0 Å². The van der Waals surface area contributed by atoms with E-state index in [9.17, 15) is 26.4 Å². The number of alkyl halides is 2. The highest BCUT2D eigenvalue weighted by molar-refractivity contribution is 7.89. The van der Waals surface area contributed by atoms with Crippen LogP contribution in [0.3, 0.4) is 0 Å². The second-order valence-corrected chi connectivity index (χ2v) is 4.10. The average molecular weight is 242 g/mol. The average Bonchev–Trinajstić information content (AvgIpc) is 1.99. The van der Waals surface area contributed by atoms with Crippen molar-refractivity contribution in [3.05, 3.63) is 27.9 Å². The lowest BCUT2D eigenvalue weighted by Gasteiger charge is -2.05. The Morgan fingerprint density at radius 1 is 1.40 bits per heavy atom. The van der Waals surface area contributed by atoms with Gasteiger partial charge in [0.1, 0.15) is 10.5 Å². The maximum atomic E-state index is 12.6. The van der Waals surface area contributed by atoms with Crippen molar-refractivity contribution in [3.8, 4) is 0 Å². The van der Waals surface area contributed by atoms with Gasteiger partial charge in [-0.15, -0.1) is 0 Å². The zero-order valence-electron chi connectivity index (χ0n) is 7.00. The molecule has 5 nitrogen and oxygen atoms in total. The van der Waals surface area contributed by atoms with E-state index >= 15 is 0 Å². The molecule has 1 aromatic rings. The predicted molar refractivity (Wildman–Crippen MR) is 43.4 cm³/mol. The van der Waals surface area contributed by atoms with Crippen molar-refractivity contribution in [2.24, 2.45) is 5.14 Å². The quantitative estimate of drug-likeness (QED) is 0.720. The highest BCUT2D eigenvalue weighted by Gasteiger charge is 2.25. The molecule has 0 spiro atoms. The summed E-state index contributed by atoms with van der Waals surface area (Å²) in [6.45, 7) is 0. The minimum absolute atomic E-state index is 0.234. The van der Waals surface area contributed by atoms with Crippen LogP contribution in [-0.2, 0) is 10.0 Å². The summed E-state index contributed by atoms with van der Waals surface area (Å²) in [5.41, 5.74) is -2.88. The van der Waals surface area contributed by atoms with Crippen molar-refractivity contribution >= 4 is 10.0 Å². The number of hydrogen-bond donors (Lipinski definition) is 2. The fraction of sp³-hybridized carbons (Fsp3) is 0.167. The molecule has 84 valence electrons. The number of rotatable bonds is 2. The first-order chi connectivity index (χ1) is 6.73. The number of aromatic nitrogens is 1. The molecule has 0 fully saturated rings. The molecule has 15 heavy (non-hydrogen) atoms. The lowest BCUT2D eigenvalue weighted by Crippen LogP contribution is -2.23. The fourth-order valence-electron chi connectivity index (χ4n) is 0.959. The van der Waals surface area contributed by atoms with Crippen molar-refractivity contribution in [1.82, 2.24) is 4.98 Å². The Morgan fingerprint density at radius 3 is 2.33 bits per heavy atom. The summed E-state index contributed by atoms with van der Waals surface area (Å²) >= 11 is 0. The Labute approximate surface area is 81.8 Å². The number of aromatic amines is 1. The van der Waals surface area contributed by atoms with Gasteiger partial charge in [0.2, 0.25) is 10.0 Å². The number of sulfonamides is 1. The molecular weight excluding hydrogens is 237 g/mol. The van der Waals surface area contributed by atoms with Gasteiger partial charge in [-0.2, -0.15) is 4.39 Å². The monoisotopic (exact) mass is 242 g/mol. The van der Waals surface area contributed by atoms with Gasteiger partial charge < -0.3 is 0 Å². The third-order valence-corrected chi connectivity index (χ3v) is 2.48. The molecule has 9 heteroatoms. The first-order valence-electron chi connectivity index (χ1n) is 3.47. The minimum atomic E-state index is -4.56. The summed E-state index contributed by atoms with van der Waals surface area (Å²) in [6, 6.07) is 0.234. The van der Waals surface area contributed by atoms with Gasteiger partial charge in [0.05, 0.1) is 0 Å². The number of nitrogens with two attached hydrogens (primary N) is 1. The number of primary sulfonamides is 1. The smallest absolute Gasteiger partial charge is 0.270 e. The molecule has 0 saturated heterocycles. The molecule has 1 heterocycles. The molecular formula is C6H5F3N2O3S. The summed E-state index contributed by atoms with van der Waals surface area (Å²) in [5, 5.41) is 4.55. The summed E-state index contributed by atoms with van der Waals surface area (Å²) in [5.74, 6) is -1.35. The van der Waals surface area contributed by atoms with E-state index in [1.165, 1.54) is 4.98 Å². The first kappa shape index (κ1) is 11.7. The largest absolute Gasteiger partial charge is 0.298 e. The number of nitrogens with one attached hydrogen (secondary N) is 1. The van der Waals surface area contributed by atoms with E-state index in [1.807, 2.05) is 0 Å². The number of pyridine rings is 1. The topological polar surface area (TPSA) is 93.0 Å². The Balaban J connectivity index is 3.70. The van der Waals surface area contributed by atoms with Crippen LogP contribution in [0, 0.1) is 5.95 Å². The molecule has 3 N–H and O–H groups in total. The van der Waals surface area contributed by atoms with Crippen LogP contribution in [0.2, 0.25) is 0 Å². The van der Waals surface area contributed by atoms with E-state index in [0.717, 1.165) is 0 Å². The van der Waals surface area contributed by atoms with Crippen molar-refractivity contribution in [1.29, 1.82) is 0 Å². The Kier molecular flexibility index (Phi) is 2.86. The van der Waals surface area contributed by atoms with Crippen molar-refractivity contribution < 1.29 is 21.6 Å². The van der Waals surface area contributed by atoms with Gasteiger partial charge in [-0.25, -0.2) is 22.3 Å². The lowest BCUT2D eigenvalue weighted by atomic mass is 10.3. The molecule has 0 aromatic carbocycles. The second kappa shape index (κ2) is 3.66. The maximum absolute atomic E-state index is 12.6. The fourth-order valence-corrected chi connectivity index (χ4v) is 1.71. The van der Waals surface area contributed by atoms with Gasteiger partial charge in [-0.3, -0.25) is 9.78 Å². The van der Waals surface area contributed by atoms with Gasteiger partial charge in [0, 0.05) is 6.07 Å². The normalized spacial score (nSPS) is 12.1. The maximum Gasteiger partial charge on any atom is 0.270 e. The molecule has 1 aromatic heterocycles. The Bertz CT molecular complexity index is 537. The summed E-state index contributed by atoms with van der Waals surface area (Å²) in [6.07, 6.45) is -3.36. The Hall–Kier alpha value is -1.35. The molecule has 0 aliphatic rings. The van der Waals surface area contributed by atoms with Crippen LogP contribution in [0.4, 0.5) is 13.2 Å². The van der Waals surface area contributed by atoms with E-state index in [1.54, 1.807) is 0 Å². The summed E-state index contributed by atoms with van der Waals surface area (Å²) in [4.78, 5) is 11.1. The third kappa shape index (κ3) is 2.36. The highest BCUT2D eigenvalue weighted by Crippen LogP contribution is 2.21. The summed E-state index contributed by atoms with van der Waals surface area (Å²) < 4.78 is 58.7. The van der Waals surface area contributed by atoms with E-state index in [0.29, 0.717) is 0 Å². The van der Waals surface area contributed by atoms with E-state index in [2.05, 4.69) is 5.14 Å². The van der Waals surface area contributed by atoms with Crippen molar-refractivity contribution in [2.45, 2.75) is 11.3 Å².